The van der Waals surface area contributed by atoms with E-state index in [1.165, 1.54) is 0 Å². The van der Waals surface area contributed by atoms with Gasteiger partial charge in [-0.1, -0.05) is 45.4 Å². The molecule has 0 spiro atoms. The van der Waals surface area contributed by atoms with Gasteiger partial charge in [0.2, 0.25) is 0 Å². The molecule has 0 unspecified atom stereocenters. The van der Waals surface area contributed by atoms with Gasteiger partial charge in [-0.2, -0.15) is 0 Å². The fourth-order valence-corrected chi connectivity index (χ4v) is 3.69. The van der Waals surface area contributed by atoms with Crippen molar-refractivity contribution in [1.29, 1.82) is 0 Å². The molecule has 1 amide bonds. The van der Waals surface area contributed by atoms with E-state index in [0.717, 1.165) is 42.5 Å². The van der Waals surface area contributed by atoms with Gasteiger partial charge in [-0.15, -0.1) is 0 Å². The topological polar surface area (TPSA) is 79.3 Å². The molecule has 2 aromatic rings. The number of nitrogens with zero attached hydrogens (tertiary/aromatic N) is 1. The van der Waals surface area contributed by atoms with Crippen LogP contribution < -0.4 is 5.32 Å². The molecule has 0 aliphatic carbocycles. The summed E-state index contributed by atoms with van der Waals surface area (Å²) in [4.78, 5) is 29.5. The number of rotatable bonds is 8. The molecule has 0 saturated carbocycles. The monoisotopic (exact) mass is 382 g/mol. The summed E-state index contributed by atoms with van der Waals surface area (Å²) in [5.74, 6) is -1.32. The molecule has 0 saturated heterocycles. The molecule has 0 atom stereocenters. The molecule has 5 heteroatoms. The third-order valence-electron chi connectivity index (χ3n) is 5.12. The van der Waals surface area contributed by atoms with Crippen LogP contribution in [0.2, 0.25) is 0 Å². The Balaban J connectivity index is 2.60. The Morgan fingerprint density at radius 2 is 1.57 bits per heavy atom. The Bertz CT molecular complexity index is 866. The van der Waals surface area contributed by atoms with E-state index >= 15 is 0 Å². The number of aryl methyl sites for hydroxylation is 4. The summed E-state index contributed by atoms with van der Waals surface area (Å²) in [5.41, 5.74) is 5.12. The van der Waals surface area contributed by atoms with Crippen molar-refractivity contribution in [3.63, 3.8) is 0 Å². The number of aromatic carboxylic acids is 1. The predicted octanol–water partition coefficient (Wildman–Crippen LogP) is 5.12. The fraction of sp³-hybridized carbons (Fsp3) is 0.435. The van der Waals surface area contributed by atoms with E-state index in [2.05, 4.69) is 24.1 Å². The minimum Gasteiger partial charge on any atom is -0.478 e. The molecular formula is C23H30N2O3. The molecule has 1 heterocycles. The second-order valence-corrected chi connectivity index (χ2v) is 7.03. The molecule has 150 valence electrons. The lowest BCUT2D eigenvalue weighted by molar-refractivity contribution is 0.0694. The SMILES string of the molecule is CCCCc1c(C(=O)O)c(C)nc(C)c1C(=O)Nc1c(CC)cccc1CC. The first kappa shape index (κ1) is 21.6. The van der Waals surface area contributed by atoms with Crippen LogP contribution in [0.3, 0.4) is 0 Å². The highest BCUT2D eigenvalue weighted by Crippen LogP contribution is 2.27. The number of benzene rings is 1. The van der Waals surface area contributed by atoms with Crippen molar-refractivity contribution in [2.45, 2.75) is 66.7 Å². The first-order valence-corrected chi connectivity index (χ1v) is 10.0. The van der Waals surface area contributed by atoms with Gasteiger partial charge in [0.1, 0.15) is 0 Å². The number of anilines is 1. The van der Waals surface area contributed by atoms with Gasteiger partial charge in [-0.05, 0) is 56.2 Å². The van der Waals surface area contributed by atoms with Crippen molar-refractivity contribution in [2.24, 2.45) is 0 Å². The van der Waals surface area contributed by atoms with Crippen LogP contribution in [0.5, 0.6) is 0 Å². The predicted molar refractivity (Wildman–Crippen MR) is 112 cm³/mol. The highest BCUT2D eigenvalue weighted by Gasteiger charge is 2.25. The lowest BCUT2D eigenvalue weighted by Crippen LogP contribution is -2.22. The standard InChI is InChI=1S/C23H30N2O3/c1-6-9-13-18-19(14(4)24-15(5)20(18)23(27)28)22(26)25-21-16(7-2)11-10-12-17(21)8-3/h10-12H,6-9,13H2,1-5H3,(H,25,26)(H,27,28). The van der Waals surface area contributed by atoms with E-state index in [9.17, 15) is 14.7 Å². The summed E-state index contributed by atoms with van der Waals surface area (Å²) in [6.07, 6.45) is 3.88. The van der Waals surface area contributed by atoms with Crippen LogP contribution in [-0.2, 0) is 19.3 Å². The summed E-state index contributed by atoms with van der Waals surface area (Å²) < 4.78 is 0. The van der Waals surface area contributed by atoms with Crippen LogP contribution in [0.15, 0.2) is 18.2 Å². The molecule has 5 nitrogen and oxygen atoms in total. The molecule has 1 aromatic carbocycles. The van der Waals surface area contributed by atoms with E-state index in [4.69, 9.17) is 0 Å². The zero-order chi connectivity index (χ0) is 20.8. The number of carboxylic acid groups (broad SMARTS) is 1. The Hall–Kier alpha value is -2.69. The number of carboxylic acids is 1. The normalized spacial score (nSPS) is 10.8. The van der Waals surface area contributed by atoms with Crippen LogP contribution in [-0.4, -0.2) is 22.0 Å². The number of nitrogens with one attached hydrogen (secondary N) is 1. The second-order valence-electron chi connectivity index (χ2n) is 7.03. The Kier molecular flexibility index (Phi) is 7.32. The first-order valence-electron chi connectivity index (χ1n) is 10.0. The highest BCUT2D eigenvalue weighted by molar-refractivity contribution is 6.08. The van der Waals surface area contributed by atoms with Crippen LogP contribution in [0.25, 0.3) is 0 Å². The summed E-state index contributed by atoms with van der Waals surface area (Å²) in [5, 5.41) is 12.8. The van der Waals surface area contributed by atoms with Gasteiger partial charge in [-0.25, -0.2) is 4.79 Å². The summed E-state index contributed by atoms with van der Waals surface area (Å²) in [7, 11) is 0. The van der Waals surface area contributed by atoms with E-state index in [0.29, 0.717) is 28.9 Å². The van der Waals surface area contributed by atoms with Gasteiger partial charge in [0, 0.05) is 5.69 Å². The number of aromatic nitrogens is 1. The molecule has 2 rings (SSSR count). The zero-order valence-electron chi connectivity index (χ0n) is 17.5. The van der Waals surface area contributed by atoms with Crippen molar-refractivity contribution in [3.05, 3.63) is 57.4 Å². The number of amides is 1. The van der Waals surface area contributed by atoms with Gasteiger partial charge >= 0.3 is 5.97 Å². The number of pyridine rings is 1. The average molecular weight is 383 g/mol. The molecule has 0 fully saturated rings. The number of hydrogen-bond acceptors (Lipinski definition) is 3. The Labute approximate surface area is 167 Å². The maximum atomic E-state index is 13.3. The molecule has 0 radical (unpaired) electrons. The minimum atomic E-state index is -1.03. The van der Waals surface area contributed by atoms with E-state index < -0.39 is 5.97 Å². The molecule has 2 N–H and O–H groups in total. The smallest absolute Gasteiger partial charge is 0.337 e. The van der Waals surface area contributed by atoms with Crippen molar-refractivity contribution < 1.29 is 14.7 Å². The lowest BCUT2D eigenvalue weighted by atomic mass is 9.93. The second kappa shape index (κ2) is 9.49. The van der Waals surface area contributed by atoms with Gasteiger partial charge in [0.25, 0.3) is 5.91 Å². The first-order chi connectivity index (χ1) is 13.3. The number of carbonyl (C=O) groups excluding carboxylic acids is 1. The molecule has 0 aliphatic heterocycles. The molecule has 1 aromatic heterocycles. The van der Waals surface area contributed by atoms with E-state index in [-0.39, 0.29) is 11.5 Å². The Morgan fingerprint density at radius 3 is 2.07 bits per heavy atom. The molecule has 0 aliphatic rings. The van der Waals surface area contributed by atoms with Crippen molar-refractivity contribution >= 4 is 17.6 Å². The lowest BCUT2D eigenvalue weighted by Gasteiger charge is -2.19. The molecular weight excluding hydrogens is 352 g/mol. The third-order valence-corrected chi connectivity index (χ3v) is 5.12. The summed E-state index contributed by atoms with van der Waals surface area (Å²) >= 11 is 0. The number of carbonyl (C=O) groups is 2. The quantitative estimate of drug-likeness (QED) is 0.664. The van der Waals surface area contributed by atoms with Crippen molar-refractivity contribution in [3.8, 4) is 0 Å². The van der Waals surface area contributed by atoms with Crippen LogP contribution in [0.1, 0.15) is 82.4 Å². The van der Waals surface area contributed by atoms with Crippen LogP contribution in [0, 0.1) is 13.8 Å². The largest absolute Gasteiger partial charge is 0.478 e. The molecule has 28 heavy (non-hydrogen) atoms. The van der Waals surface area contributed by atoms with Gasteiger partial charge in [0.15, 0.2) is 0 Å². The van der Waals surface area contributed by atoms with Gasteiger partial charge in [0.05, 0.1) is 22.5 Å². The third kappa shape index (κ3) is 4.41. The van der Waals surface area contributed by atoms with Crippen LogP contribution in [0.4, 0.5) is 5.69 Å². The minimum absolute atomic E-state index is 0.156. The van der Waals surface area contributed by atoms with Crippen molar-refractivity contribution in [1.82, 2.24) is 4.98 Å². The van der Waals surface area contributed by atoms with Crippen LogP contribution >= 0.6 is 0 Å². The summed E-state index contributed by atoms with van der Waals surface area (Å²) in [6, 6.07) is 6.02. The fourth-order valence-electron chi connectivity index (χ4n) is 3.69. The van der Waals surface area contributed by atoms with E-state index in [1.54, 1.807) is 13.8 Å². The van der Waals surface area contributed by atoms with Crippen molar-refractivity contribution in [2.75, 3.05) is 5.32 Å². The molecule has 0 bridgehead atoms. The maximum Gasteiger partial charge on any atom is 0.337 e. The number of hydrogen-bond donors (Lipinski definition) is 2. The van der Waals surface area contributed by atoms with Gasteiger partial charge < -0.3 is 10.4 Å². The Morgan fingerprint density at radius 1 is 1.00 bits per heavy atom. The average Bonchev–Trinajstić information content (AvgIpc) is 2.65. The number of unbranched alkanes of at least 4 members (excludes halogenated alkanes) is 1. The van der Waals surface area contributed by atoms with Gasteiger partial charge in [-0.3, -0.25) is 9.78 Å². The summed E-state index contributed by atoms with van der Waals surface area (Å²) in [6.45, 7) is 9.62. The van der Waals surface area contributed by atoms with E-state index in [1.807, 2.05) is 25.1 Å². The highest BCUT2D eigenvalue weighted by atomic mass is 16.4. The maximum absolute atomic E-state index is 13.3. The zero-order valence-corrected chi connectivity index (χ0v) is 17.5. The number of para-hydroxylation sites is 1.